The molecule has 2 saturated heterocycles. The van der Waals surface area contributed by atoms with Gasteiger partial charge in [0.05, 0.1) is 23.2 Å². The Kier molecular flexibility index (Phi) is 3.17. The van der Waals surface area contributed by atoms with E-state index in [4.69, 9.17) is 32.7 Å². The van der Waals surface area contributed by atoms with E-state index in [1.165, 1.54) is 0 Å². The van der Waals surface area contributed by atoms with Crippen molar-refractivity contribution in [2.75, 3.05) is 5.75 Å². The molecule has 0 saturated carbocycles. The highest BCUT2D eigenvalue weighted by Gasteiger charge is 2.50. The molecule has 8 heteroatoms. The third-order valence-corrected chi connectivity index (χ3v) is 5.53. The van der Waals surface area contributed by atoms with Crippen LogP contribution in [0.3, 0.4) is 0 Å². The Morgan fingerprint density at radius 2 is 2.19 bits per heavy atom. The highest BCUT2D eigenvalue weighted by molar-refractivity contribution is 7.99. The molecule has 2 aromatic rings. The van der Waals surface area contributed by atoms with E-state index in [2.05, 4.69) is 9.97 Å². The predicted octanol–water partition coefficient (Wildman–Crippen LogP) is 3.34. The Bertz CT molecular complexity index is 721. The molecular weight excluding hydrogens is 333 g/mol. The summed E-state index contributed by atoms with van der Waals surface area (Å²) < 4.78 is 13.9. The highest BCUT2D eigenvalue weighted by Crippen LogP contribution is 2.49. The fourth-order valence-electron chi connectivity index (χ4n) is 2.95. The van der Waals surface area contributed by atoms with E-state index in [-0.39, 0.29) is 17.5 Å². The second kappa shape index (κ2) is 4.73. The lowest BCUT2D eigenvalue weighted by atomic mass is 10.1. The van der Waals surface area contributed by atoms with Gasteiger partial charge in [-0.25, -0.2) is 9.97 Å². The molecule has 4 heterocycles. The van der Waals surface area contributed by atoms with Crippen LogP contribution in [0.2, 0.25) is 10.3 Å². The van der Waals surface area contributed by atoms with E-state index in [0.29, 0.717) is 16.0 Å². The largest absolute Gasteiger partial charge is 0.344 e. The lowest BCUT2D eigenvalue weighted by Gasteiger charge is -2.21. The van der Waals surface area contributed by atoms with Gasteiger partial charge in [0.25, 0.3) is 0 Å². The fourth-order valence-corrected chi connectivity index (χ4v) is 4.82. The van der Waals surface area contributed by atoms with Gasteiger partial charge in [-0.05, 0) is 13.8 Å². The molecule has 0 aliphatic carbocycles. The van der Waals surface area contributed by atoms with Gasteiger partial charge < -0.3 is 9.47 Å². The standard InChI is InChI=1S/C13H13Cl2N3O2S/c1-13(2)19-7-5-21-10(9(7)20-13)6-3-16-12-11(15)17-8(14)4-18(6)12/h3-4,7,9-10H,5H2,1-2H3/t7?,9?,10-/m0/s1. The second-order valence-electron chi connectivity index (χ2n) is 5.62. The maximum atomic E-state index is 6.10. The number of imidazole rings is 1. The lowest BCUT2D eigenvalue weighted by Crippen LogP contribution is -2.24. The Labute approximate surface area is 135 Å². The smallest absolute Gasteiger partial charge is 0.175 e. The first kappa shape index (κ1) is 14.1. The Balaban J connectivity index is 1.77. The number of halogens is 2. The fraction of sp³-hybridized carbons (Fsp3) is 0.538. The van der Waals surface area contributed by atoms with Crippen LogP contribution < -0.4 is 0 Å². The van der Waals surface area contributed by atoms with Gasteiger partial charge in [-0.1, -0.05) is 23.2 Å². The van der Waals surface area contributed by atoms with Crippen LogP contribution in [0.5, 0.6) is 0 Å². The topological polar surface area (TPSA) is 48.7 Å². The monoisotopic (exact) mass is 345 g/mol. The zero-order valence-electron chi connectivity index (χ0n) is 11.4. The molecule has 2 aromatic heterocycles. The minimum atomic E-state index is -0.536. The summed E-state index contributed by atoms with van der Waals surface area (Å²) in [5.74, 6) is 0.366. The Morgan fingerprint density at radius 3 is 3.00 bits per heavy atom. The van der Waals surface area contributed by atoms with Crippen molar-refractivity contribution in [2.24, 2.45) is 0 Å². The summed E-state index contributed by atoms with van der Waals surface area (Å²) in [6, 6.07) is 0. The minimum Gasteiger partial charge on any atom is -0.344 e. The SMILES string of the molecule is CC1(C)OC2CS[C@@H](c3cnc4c(Cl)nc(Cl)cn34)C2O1. The average molecular weight is 346 g/mol. The van der Waals surface area contributed by atoms with Crippen LogP contribution >= 0.6 is 35.0 Å². The molecule has 0 N–H and O–H groups in total. The van der Waals surface area contributed by atoms with Crippen molar-refractivity contribution < 1.29 is 9.47 Å². The van der Waals surface area contributed by atoms with Crippen LogP contribution in [0.1, 0.15) is 24.8 Å². The number of rotatable bonds is 1. The first-order valence-corrected chi connectivity index (χ1v) is 8.41. The second-order valence-corrected chi connectivity index (χ2v) is 7.54. The molecule has 5 nitrogen and oxygen atoms in total. The number of aromatic nitrogens is 3. The van der Waals surface area contributed by atoms with Gasteiger partial charge in [0, 0.05) is 11.9 Å². The van der Waals surface area contributed by atoms with E-state index in [1.54, 1.807) is 18.0 Å². The van der Waals surface area contributed by atoms with Crippen molar-refractivity contribution in [1.82, 2.24) is 14.4 Å². The summed E-state index contributed by atoms with van der Waals surface area (Å²) in [4.78, 5) is 8.37. The van der Waals surface area contributed by atoms with Crippen molar-refractivity contribution in [3.05, 3.63) is 28.4 Å². The number of ether oxygens (including phenoxy) is 2. The van der Waals surface area contributed by atoms with Gasteiger partial charge in [0.1, 0.15) is 11.3 Å². The molecule has 0 aromatic carbocycles. The van der Waals surface area contributed by atoms with Gasteiger partial charge in [0.15, 0.2) is 16.6 Å². The molecule has 2 unspecified atom stereocenters. The molecule has 112 valence electrons. The summed E-state index contributed by atoms with van der Waals surface area (Å²) in [6.07, 6.45) is 3.66. The molecule has 2 aliphatic heterocycles. The van der Waals surface area contributed by atoms with Crippen LogP contribution in [0.25, 0.3) is 5.65 Å². The predicted molar refractivity (Wildman–Crippen MR) is 82.0 cm³/mol. The number of hydrogen-bond donors (Lipinski definition) is 0. The average Bonchev–Trinajstić information content (AvgIpc) is 3.00. The third kappa shape index (κ3) is 2.24. The van der Waals surface area contributed by atoms with Gasteiger partial charge in [-0.2, -0.15) is 0 Å². The van der Waals surface area contributed by atoms with Crippen LogP contribution in [0, 0.1) is 0 Å². The van der Waals surface area contributed by atoms with Crippen molar-refractivity contribution in [2.45, 2.75) is 37.1 Å². The van der Waals surface area contributed by atoms with Crippen LogP contribution in [0.4, 0.5) is 0 Å². The molecular formula is C13H13Cl2N3O2S. The van der Waals surface area contributed by atoms with E-state index in [9.17, 15) is 0 Å². The quantitative estimate of drug-likeness (QED) is 0.793. The van der Waals surface area contributed by atoms with E-state index in [1.807, 2.05) is 24.4 Å². The molecule has 0 amide bonds. The first-order chi connectivity index (χ1) is 9.94. The molecule has 2 aliphatic rings. The van der Waals surface area contributed by atoms with Gasteiger partial charge in [-0.3, -0.25) is 4.40 Å². The number of hydrogen-bond acceptors (Lipinski definition) is 5. The first-order valence-electron chi connectivity index (χ1n) is 6.61. The van der Waals surface area contributed by atoms with Gasteiger partial charge in [-0.15, -0.1) is 11.8 Å². The van der Waals surface area contributed by atoms with E-state index < -0.39 is 5.79 Å². The normalized spacial score (nSPS) is 31.0. The summed E-state index contributed by atoms with van der Waals surface area (Å²) >= 11 is 13.9. The van der Waals surface area contributed by atoms with Crippen molar-refractivity contribution >= 4 is 40.6 Å². The maximum Gasteiger partial charge on any atom is 0.175 e. The minimum absolute atomic E-state index is 0.00983. The summed E-state index contributed by atoms with van der Waals surface area (Å²) in [5, 5.41) is 0.786. The van der Waals surface area contributed by atoms with E-state index >= 15 is 0 Å². The molecule has 2 fully saturated rings. The van der Waals surface area contributed by atoms with Crippen LogP contribution in [0.15, 0.2) is 12.4 Å². The Morgan fingerprint density at radius 1 is 1.38 bits per heavy atom. The molecule has 21 heavy (non-hydrogen) atoms. The summed E-state index contributed by atoms with van der Waals surface area (Å²) in [7, 11) is 0. The van der Waals surface area contributed by atoms with Gasteiger partial charge in [0.2, 0.25) is 0 Å². The van der Waals surface area contributed by atoms with Gasteiger partial charge >= 0.3 is 0 Å². The molecule has 3 atom stereocenters. The maximum absolute atomic E-state index is 6.10. The third-order valence-electron chi connectivity index (χ3n) is 3.70. The van der Waals surface area contributed by atoms with Crippen LogP contribution in [-0.2, 0) is 9.47 Å². The van der Waals surface area contributed by atoms with Crippen molar-refractivity contribution in [3.8, 4) is 0 Å². The van der Waals surface area contributed by atoms with Crippen LogP contribution in [-0.4, -0.2) is 38.1 Å². The zero-order valence-corrected chi connectivity index (χ0v) is 13.7. The number of thioether (sulfide) groups is 1. The molecule has 0 bridgehead atoms. The zero-order chi connectivity index (χ0) is 14.8. The molecule has 4 rings (SSSR count). The summed E-state index contributed by atoms with van der Waals surface area (Å²) in [5.41, 5.74) is 1.62. The number of fused-ring (bicyclic) bond motifs is 2. The molecule has 0 spiro atoms. The number of nitrogens with zero attached hydrogens (tertiary/aromatic N) is 3. The van der Waals surface area contributed by atoms with Crippen molar-refractivity contribution in [3.63, 3.8) is 0 Å². The Hall–Kier alpha value is -0.530. The van der Waals surface area contributed by atoms with Crippen molar-refractivity contribution in [1.29, 1.82) is 0 Å². The van der Waals surface area contributed by atoms with E-state index in [0.717, 1.165) is 11.4 Å². The lowest BCUT2D eigenvalue weighted by molar-refractivity contribution is -0.145. The molecule has 0 radical (unpaired) electrons. The highest BCUT2D eigenvalue weighted by atomic mass is 35.5. The summed E-state index contributed by atoms with van der Waals surface area (Å²) in [6.45, 7) is 3.89.